The van der Waals surface area contributed by atoms with Crippen molar-refractivity contribution >= 4 is 17.6 Å². The molecule has 39 heavy (non-hydrogen) atoms. The van der Waals surface area contributed by atoms with E-state index in [0.717, 1.165) is 50.8 Å². The number of methoxy groups -OCH3 is 1. The first-order valence-electron chi connectivity index (χ1n) is 15.3. The monoisotopic (exact) mass is 565 g/mol. The van der Waals surface area contributed by atoms with Gasteiger partial charge in [-0.2, -0.15) is 0 Å². The number of amides is 2. The summed E-state index contributed by atoms with van der Waals surface area (Å²) in [7, 11) is 1.71. The minimum absolute atomic E-state index is 0.0139. The van der Waals surface area contributed by atoms with Crippen molar-refractivity contribution in [3.8, 4) is 0 Å². The van der Waals surface area contributed by atoms with Gasteiger partial charge in [0.05, 0.1) is 12.2 Å². The summed E-state index contributed by atoms with van der Waals surface area (Å²) in [6, 6.07) is 7.66. The lowest BCUT2D eigenvalue weighted by Crippen LogP contribution is -2.54. The van der Waals surface area contributed by atoms with Crippen LogP contribution in [0.15, 0.2) is 24.3 Å². The molecule has 2 amide bonds. The zero-order valence-corrected chi connectivity index (χ0v) is 25.0. The smallest absolute Gasteiger partial charge is 0.317 e. The highest BCUT2D eigenvalue weighted by atomic mass is 35.5. The lowest BCUT2D eigenvalue weighted by atomic mass is 9.74. The predicted molar refractivity (Wildman–Crippen MR) is 158 cm³/mol. The van der Waals surface area contributed by atoms with Crippen LogP contribution in [0.5, 0.6) is 0 Å². The van der Waals surface area contributed by atoms with Crippen LogP contribution < -0.4 is 10.6 Å². The van der Waals surface area contributed by atoms with Gasteiger partial charge in [-0.15, -0.1) is 0 Å². The van der Waals surface area contributed by atoms with E-state index in [1.54, 1.807) is 7.11 Å². The van der Waals surface area contributed by atoms with Gasteiger partial charge in [0.15, 0.2) is 0 Å². The second-order valence-corrected chi connectivity index (χ2v) is 11.9. The van der Waals surface area contributed by atoms with Gasteiger partial charge in [0, 0.05) is 63.5 Å². The molecule has 1 aliphatic heterocycles. The van der Waals surface area contributed by atoms with Gasteiger partial charge in [0.2, 0.25) is 0 Å². The number of piperidine rings is 1. The highest BCUT2D eigenvalue weighted by Gasteiger charge is 2.41. The molecule has 0 aromatic heterocycles. The molecule has 1 saturated heterocycles. The topological polar surface area (TPSA) is 83.1 Å². The summed E-state index contributed by atoms with van der Waals surface area (Å²) in [4.78, 5) is 15.5. The number of aliphatic hydroxyl groups is 1. The van der Waals surface area contributed by atoms with Crippen molar-refractivity contribution in [1.82, 2.24) is 15.5 Å². The van der Waals surface area contributed by atoms with Gasteiger partial charge in [-0.1, -0.05) is 55.8 Å². The molecule has 7 nitrogen and oxygen atoms in total. The summed E-state index contributed by atoms with van der Waals surface area (Å²) in [6.45, 7) is 6.86. The fourth-order valence-corrected chi connectivity index (χ4v) is 6.57. The number of rotatable bonds is 16. The van der Waals surface area contributed by atoms with Gasteiger partial charge in [-0.05, 0) is 69.1 Å². The van der Waals surface area contributed by atoms with E-state index in [0.29, 0.717) is 50.3 Å². The molecule has 1 aliphatic carbocycles. The number of carbonyl (C=O) groups excluding carboxylic acids is 1. The third-order valence-corrected chi connectivity index (χ3v) is 8.79. The number of likely N-dealkylation sites (tertiary alicyclic amines) is 1. The van der Waals surface area contributed by atoms with Gasteiger partial charge in [0.1, 0.15) is 0 Å². The van der Waals surface area contributed by atoms with Gasteiger partial charge < -0.3 is 30.1 Å². The maximum atomic E-state index is 13.6. The molecule has 0 bridgehead atoms. The Morgan fingerprint density at radius 2 is 2.00 bits per heavy atom. The Hall–Kier alpha value is -1.38. The summed E-state index contributed by atoms with van der Waals surface area (Å²) < 4.78 is 10.7. The quantitative estimate of drug-likeness (QED) is 0.223. The second-order valence-electron chi connectivity index (χ2n) is 11.5. The number of benzene rings is 1. The van der Waals surface area contributed by atoms with Crippen LogP contribution in [0.1, 0.15) is 83.1 Å². The molecule has 1 heterocycles. The first-order valence-corrected chi connectivity index (χ1v) is 15.6. The van der Waals surface area contributed by atoms with Crippen LogP contribution in [0.25, 0.3) is 0 Å². The third kappa shape index (κ3) is 10.5. The standard InChI is InChI=1S/C31H52ClN3O4/c1-3-39-20-17-33-23-29(21-25-11-5-4-6-12-25)34-30(36)35-18-10-14-27(24-35)31(37,16-7-8-19-38-2)26-13-9-15-28(32)22-26/h9,13,15,22,25,27,29,33,37H,3-8,10-12,14,16-21,23-24H2,1-2H3,(H,34,36). The van der Waals surface area contributed by atoms with E-state index in [1.165, 1.54) is 32.1 Å². The zero-order valence-electron chi connectivity index (χ0n) is 24.3. The normalized spacial score (nSPS) is 20.9. The molecule has 2 fully saturated rings. The molecule has 8 heteroatoms. The van der Waals surface area contributed by atoms with Crippen LogP contribution in [0.2, 0.25) is 5.02 Å². The van der Waals surface area contributed by atoms with Crippen molar-refractivity contribution in [2.45, 2.75) is 89.2 Å². The van der Waals surface area contributed by atoms with Crippen molar-refractivity contribution in [2.24, 2.45) is 11.8 Å². The van der Waals surface area contributed by atoms with Crippen molar-refractivity contribution in [1.29, 1.82) is 0 Å². The van der Waals surface area contributed by atoms with Crippen LogP contribution in [0.4, 0.5) is 4.79 Å². The first kappa shape index (κ1) is 32.1. The predicted octanol–water partition coefficient (Wildman–Crippen LogP) is 5.73. The van der Waals surface area contributed by atoms with Crippen molar-refractivity contribution < 1.29 is 19.4 Å². The summed E-state index contributed by atoms with van der Waals surface area (Å²) in [5, 5.41) is 19.6. The Labute approximate surface area is 241 Å². The molecule has 3 N–H and O–H groups in total. The van der Waals surface area contributed by atoms with Crippen LogP contribution in [-0.4, -0.2) is 75.2 Å². The Kier molecular flexibility index (Phi) is 14.4. The number of hydrogen-bond donors (Lipinski definition) is 3. The van der Waals surface area contributed by atoms with E-state index >= 15 is 0 Å². The fourth-order valence-electron chi connectivity index (χ4n) is 6.38. The number of carbonyl (C=O) groups is 1. The van der Waals surface area contributed by atoms with E-state index in [-0.39, 0.29) is 18.0 Å². The average molecular weight is 566 g/mol. The summed E-state index contributed by atoms with van der Waals surface area (Å²) in [5.74, 6) is 0.617. The molecule has 1 aromatic carbocycles. The van der Waals surface area contributed by atoms with E-state index in [2.05, 4.69) is 10.6 Å². The van der Waals surface area contributed by atoms with Gasteiger partial charge in [-0.3, -0.25) is 0 Å². The number of halogens is 1. The Morgan fingerprint density at radius 3 is 2.74 bits per heavy atom. The highest BCUT2D eigenvalue weighted by Crippen LogP contribution is 2.40. The molecular formula is C31H52ClN3O4. The fraction of sp³-hybridized carbons (Fsp3) is 0.774. The Balaban J connectivity index is 1.66. The summed E-state index contributed by atoms with van der Waals surface area (Å²) >= 11 is 6.34. The number of nitrogens with zero attached hydrogens (tertiary/aromatic N) is 1. The van der Waals surface area contributed by atoms with E-state index in [1.807, 2.05) is 36.1 Å². The SMILES string of the molecule is CCOCCNCC(CC1CCCCC1)NC(=O)N1CCCC(C(O)(CCCCOC)c2cccc(Cl)c2)C1. The van der Waals surface area contributed by atoms with Crippen LogP contribution in [0.3, 0.4) is 0 Å². The molecular weight excluding hydrogens is 514 g/mol. The van der Waals surface area contributed by atoms with Crippen LogP contribution in [0, 0.1) is 11.8 Å². The molecule has 3 atom stereocenters. The molecule has 222 valence electrons. The number of unbranched alkanes of at least 4 members (excludes halogenated alkanes) is 1. The van der Waals surface area contributed by atoms with Crippen LogP contribution in [-0.2, 0) is 15.1 Å². The molecule has 1 saturated carbocycles. The maximum absolute atomic E-state index is 13.6. The third-order valence-electron chi connectivity index (χ3n) is 8.55. The van der Waals surface area contributed by atoms with E-state index in [4.69, 9.17) is 21.1 Å². The Morgan fingerprint density at radius 1 is 1.18 bits per heavy atom. The number of hydrogen-bond acceptors (Lipinski definition) is 5. The van der Waals surface area contributed by atoms with Crippen molar-refractivity contribution in [3.63, 3.8) is 0 Å². The van der Waals surface area contributed by atoms with Gasteiger partial charge in [-0.25, -0.2) is 4.79 Å². The lowest BCUT2D eigenvalue weighted by molar-refractivity contribution is -0.0564. The number of nitrogens with one attached hydrogen (secondary N) is 2. The van der Waals surface area contributed by atoms with Gasteiger partial charge >= 0.3 is 6.03 Å². The molecule has 2 aliphatic rings. The largest absolute Gasteiger partial charge is 0.385 e. The second kappa shape index (κ2) is 17.4. The van der Waals surface area contributed by atoms with Crippen molar-refractivity contribution in [2.75, 3.05) is 53.1 Å². The minimum Gasteiger partial charge on any atom is -0.385 e. The van der Waals surface area contributed by atoms with Gasteiger partial charge in [0.25, 0.3) is 0 Å². The van der Waals surface area contributed by atoms with Crippen LogP contribution >= 0.6 is 11.6 Å². The maximum Gasteiger partial charge on any atom is 0.317 e. The zero-order chi connectivity index (χ0) is 27.9. The number of ether oxygens (including phenoxy) is 2. The molecule has 0 spiro atoms. The minimum atomic E-state index is -1.04. The lowest BCUT2D eigenvalue weighted by Gasteiger charge is -2.43. The Bertz CT molecular complexity index is 838. The molecule has 3 rings (SSSR count). The van der Waals surface area contributed by atoms with Crippen molar-refractivity contribution in [3.05, 3.63) is 34.9 Å². The number of urea groups is 1. The molecule has 3 unspecified atom stereocenters. The van der Waals surface area contributed by atoms with E-state index < -0.39 is 5.60 Å². The highest BCUT2D eigenvalue weighted by molar-refractivity contribution is 6.30. The van der Waals surface area contributed by atoms with E-state index in [9.17, 15) is 9.90 Å². The average Bonchev–Trinajstić information content (AvgIpc) is 2.95. The first-order chi connectivity index (χ1) is 19.0. The molecule has 0 radical (unpaired) electrons. The molecule has 1 aromatic rings. The summed E-state index contributed by atoms with van der Waals surface area (Å²) in [5.41, 5.74) is -0.201. The summed E-state index contributed by atoms with van der Waals surface area (Å²) in [6.07, 6.45) is 11.5.